The van der Waals surface area contributed by atoms with Gasteiger partial charge in [0.1, 0.15) is 24.1 Å². The molecular formula is C32H38ClN3O6S. The summed E-state index contributed by atoms with van der Waals surface area (Å²) < 4.78 is 39.9. The number of rotatable bonds is 12. The van der Waals surface area contributed by atoms with Gasteiger partial charge in [0.2, 0.25) is 11.8 Å². The Balaban J connectivity index is 1.73. The summed E-state index contributed by atoms with van der Waals surface area (Å²) in [5, 5.41) is 3.37. The molecule has 0 unspecified atom stereocenters. The Hall–Kier alpha value is -3.76. The molecule has 1 aliphatic carbocycles. The number of nitrogens with zero attached hydrogens (tertiary/aromatic N) is 2. The van der Waals surface area contributed by atoms with Crippen molar-refractivity contribution in [3.8, 4) is 11.5 Å². The minimum absolute atomic E-state index is 0.00716. The minimum Gasteiger partial charge on any atom is -0.497 e. The van der Waals surface area contributed by atoms with Crippen molar-refractivity contribution < 1.29 is 27.5 Å². The van der Waals surface area contributed by atoms with Crippen LogP contribution in [-0.4, -0.2) is 58.0 Å². The van der Waals surface area contributed by atoms with E-state index in [1.807, 2.05) is 6.07 Å². The predicted octanol–water partition coefficient (Wildman–Crippen LogP) is 5.42. The first-order valence-electron chi connectivity index (χ1n) is 14.3. The number of anilines is 1. The van der Waals surface area contributed by atoms with Crippen LogP contribution in [0.4, 0.5) is 5.69 Å². The zero-order valence-electron chi connectivity index (χ0n) is 24.7. The molecule has 0 aromatic heterocycles. The first-order valence-corrected chi connectivity index (χ1v) is 16.1. The van der Waals surface area contributed by atoms with Crippen molar-refractivity contribution in [3.63, 3.8) is 0 Å². The third kappa shape index (κ3) is 8.00. The first kappa shape index (κ1) is 32.2. The topological polar surface area (TPSA) is 105 Å². The van der Waals surface area contributed by atoms with E-state index >= 15 is 0 Å². The predicted molar refractivity (Wildman–Crippen MR) is 167 cm³/mol. The zero-order chi connectivity index (χ0) is 31.0. The molecule has 9 nitrogen and oxygen atoms in total. The molecule has 1 N–H and O–H groups in total. The van der Waals surface area contributed by atoms with Crippen molar-refractivity contribution in [1.29, 1.82) is 0 Å². The number of sulfonamides is 1. The Labute approximate surface area is 258 Å². The lowest BCUT2D eigenvalue weighted by molar-refractivity contribution is -0.139. The van der Waals surface area contributed by atoms with Crippen LogP contribution in [-0.2, 0) is 26.2 Å². The van der Waals surface area contributed by atoms with E-state index in [9.17, 15) is 18.0 Å². The van der Waals surface area contributed by atoms with Gasteiger partial charge in [0.05, 0.1) is 24.8 Å². The molecule has 1 atom stereocenters. The molecule has 0 aliphatic heterocycles. The third-order valence-electron chi connectivity index (χ3n) is 7.63. The van der Waals surface area contributed by atoms with Gasteiger partial charge in [-0.2, -0.15) is 0 Å². The highest BCUT2D eigenvalue weighted by molar-refractivity contribution is 7.92. The Morgan fingerprint density at radius 2 is 1.67 bits per heavy atom. The molecule has 3 aromatic rings. The number of halogens is 1. The number of hydrogen-bond acceptors (Lipinski definition) is 6. The van der Waals surface area contributed by atoms with Crippen molar-refractivity contribution in [2.45, 2.75) is 62.6 Å². The van der Waals surface area contributed by atoms with Gasteiger partial charge in [0.15, 0.2) is 0 Å². The lowest BCUT2D eigenvalue weighted by atomic mass is 9.95. The van der Waals surface area contributed by atoms with Crippen LogP contribution in [0.5, 0.6) is 11.5 Å². The second-order valence-electron chi connectivity index (χ2n) is 10.5. The number of carbonyl (C=O) groups excluding carboxylic acids is 2. The summed E-state index contributed by atoms with van der Waals surface area (Å²) in [6.07, 6.45) is 5.00. The molecule has 0 spiro atoms. The van der Waals surface area contributed by atoms with E-state index in [0.717, 1.165) is 42.0 Å². The molecule has 4 rings (SSSR count). The minimum atomic E-state index is -4.26. The molecule has 0 bridgehead atoms. The quantitative estimate of drug-likeness (QED) is 0.288. The third-order valence-corrected chi connectivity index (χ3v) is 9.63. The lowest BCUT2D eigenvalue weighted by Crippen LogP contribution is -2.53. The summed E-state index contributed by atoms with van der Waals surface area (Å²) in [5.41, 5.74) is 0.829. The first-order chi connectivity index (χ1) is 20.6. The van der Waals surface area contributed by atoms with E-state index in [2.05, 4.69) is 5.32 Å². The van der Waals surface area contributed by atoms with E-state index in [-0.39, 0.29) is 39.8 Å². The highest BCUT2D eigenvalue weighted by atomic mass is 35.5. The number of ether oxygens (including phenoxy) is 2. The normalized spacial score (nSPS) is 14.4. The van der Waals surface area contributed by atoms with Crippen LogP contribution in [0.1, 0.15) is 44.6 Å². The van der Waals surface area contributed by atoms with Gasteiger partial charge in [-0.1, -0.05) is 61.2 Å². The molecule has 3 aromatic carbocycles. The van der Waals surface area contributed by atoms with Gasteiger partial charge in [-0.05, 0) is 67.8 Å². The number of carbonyl (C=O) groups is 2. The van der Waals surface area contributed by atoms with E-state index < -0.39 is 28.5 Å². The number of benzene rings is 3. The molecule has 2 amide bonds. The van der Waals surface area contributed by atoms with Crippen molar-refractivity contribution in [2.75, 3.05) is 25.1 Å². The lowest BCUT2D eigenvalue weighted by Gasteiger charge is -2.33. The highest BCUT2D eigenvalue weighted by Crippen LogP contribution is 2.35. The summed E-state index contributed by atoms with van der Waals surface area (Å²) >= 11 is 6.30. The smallest absolute Gasteiger partial charge is 0.264 e. The van der Waals surface area contributed by atoms with Gasteiger partial charge in [-0.3, -0.25) is 13.9 Å². The zero-order valence-corrected chi connectivity index (χ0v) is 26.2. The maximum atomic E-state index is 14.2. The fourth-order valence-electron chi connectivity index (χ4n) is 5.21. The summed E-state index contributed by atoms with van der Waals surface area (Å²) in [4.78, 5) is 29.1. The summed E-state index contributed by atoms with van der Waals surface area (Å²) in [6.45, 7) is 1.12. The average Bonchev–Trinajstić information content (AvgIpc) is 3.03. The number of nitrogens with one attached hydrogen (secondary N) is 1. The monoisotopic (exact) mass is 627 g/mol. The highest BCUT2D eigenvalue weighted by Gasteiger charge is 2.34. The second kappa shape index (κ2) is 14.6. The summed E-state index contributed by atoms with van der Waals surface area (Å²) in [6, 6.07) is 18.7. The van der Waals surface area contributed by atoms with Crippen molar-refractivity contribution in [1.82, 2.24) is 10.2 Å². The van der Waals surface area contributed by atoms with Gasteiger partial charge < -0.3 is 19.7 Å². The van der Waals surface area contributed by atoms with Gasteiger partial charge >= 0.3 is 0 Å². The van der Waals surface area contributed by atoms with Gasteiger partial charge in [0.25, 0.3) is 10.0 Å². The maximum Gasteiger partial charge on any atom is 0.264 e. The van der Waals surface area contributed by atoms with Crippen molar-refractivity contribution in [2.24, 2.45) is 0 Å². The van der Waals surface area contributed by atoms with Crippen LogP contribution in [0, 0.1) is 0 Å². The Kier molecular flexibility index (Phi) is 10.9. The van der Waals surface area contributed by atoms with Crippen LogP contribution in [0.2, 0.25) is 5.02 Å². The van der Waals surface area contributed by atoms with Crippen molar-refractivity contribution in [3.05, 3.63) is 83.4 Å². The molecule has 0 saturated heterocycles. The Morgan fingerprint density at radius 3 is 2.35 bits per heavy atom. The maximum absolute atomic E-state index is 14.2. The molecule has 1 aliphatic rings. The van der Waals surface area contributed by atoms with Crippen LogP contribution in [0.3, 0.4) is 0 Å². The van der Waals surface area contributed by atoms with Crippen LogP contribution >= 0.6 is 11.6 Å². The fraction of sp³-hybridized carbons (Fsp3) is 0.375. The number of amides is 2. The molecule has 1 fully saturated rings. The standard InChI is InChI=1S/C32H38ClN3O6S/c1-23(32(38)34-26-12-6-4-7-13-26)35(21-24-11-10-14-27(19-24)41-2)31(37)22-36(29-20-25(33)17-18-30(29)42-3)43(39,40)28-15-8-5-9-16-28/h5,8-11,14-20,23,26H,4,6-7,12-13,21-22H2,1-3H3,(H,34,38)/t23-/m1/s1. The van der Waals surface area contributed by atoms with Crippen LogP contribution in [0.25, 0.3) is 0 Å². The summed E-state index contributed by atoms with van der Waals surface area (Å²) in [7, 11) is -1.30. The summed E-state index contributed by atoms with van der Waals surface area (Å²) in [5.74, 6) is -0.0445. The molecule has 230 valence electrons. The van der Waals surface area contributed by atoms with E-state index in [1.54, 1.807) is 62.6 Å². The number of hydrogen-bond donors (Lipinski definition) is 1. The SMILES string of the molecule is COc1cccc(CN(C(=O)CN(c2cc(Cl)ccc2OC)S(=O)(=O)c2ccccc2)[C@H](C)C(=O)NC2CCCCC2)c1. The van der Waals surface area contributed by atoms with Gasteiger partial charge in [0, 0.05) is 17.6 Å². The van der Waals surface area contributed by atoms with Gasteiger partial charge in [-0.25, -0.2) is 8.42 Å². The molecule has 1 saturated carbocycles. The Morgan fingerprint density at radius 1 is 0.953 bits per heavy atom. The van der Waals surface area contributed by atoms with E-state index in [0.29, 0.717) is 5.75 Å². The molecule has 11 heteroatoms. The van der Waals surface area contributed by atoms with E-state index in [4.69, 9.17) is 21.1 Å². The molecule has 0 heterocycles. The van der Waals surface area contributed by atoms with Crippen LogP contribution < -0.4 is 19.1 Å². The fourth-order valence-corrected chi connectivity index (χ4v) is 6.81. The largest absolute Gasteiger partial charge is 0.497 e. The molecule has 0 radical (unpaired) electrons. The Bertz CT molecular complexity index is 1510. The number of methoxy groups -OCH3 is 2. The van der Waals surface area contributed by atoms with E-state index in [1.165, 1.54) is 30.2 Å². The molecule has 43 heavy (non-hydrogen) atoms. The van der Waals surface area contributed by atoms with Crippen molar-refractivity contribution >= 4 is 39.1 Å². The molecular weight excluding hydrogens is 590 g/mol. The average molecular weight is 628 g/mol. The second-order valence-corrected chi connectivity index (χ2v) is 12.8. The van der Waals surface area contributed by atoms with Gasteiger partial charge in [-0.15, -0.1) is 0 Å². The van der Waals surface area contributed by atoms with Crippen LogP contribution in [0.15, 0.2) is 77.7 Å².